The van der Waals surface area contributed by atoms with Gasteiger partial charge in [-0.25, -0.2) is 4.79 Å². The average Bonchev–Trinajstić information content (AvgIpc) is 3.02. The standard InChI is InChI=1S/C16H19F3N4O/c17-16(18,19)14-8-11-23(22-14)12-10-21-15(24)20-9-4-7-13-5-2-1-3-6-13/h1-3,5-6,8,11H,4,7,9-10,12H2,(H2,20,21,24). The van der Waals surface area contributed by atoms with Crippen molar-refractivity contribution in [1.82, 2.24) is 20.4 Å². The third-order valence-corrected chi connectivity index (χ3v) is 3.33. The highest BCUT2D eigenvalue weighted by atomic mass is 19.4. The highest BCUT2D eigenvalue weighted by Crippen LogP contribution is 2.27. The van der Waals surface area contributed by atoms with Gasteiger partial charge >= 0.3 is 12.2 Å². The third-order valence-electron chi connectivity index (χ3n) is 3.33. The van der Waals surface area contributed by atoms with Crippen molar-refractivity contribution < 1.29 is 18.0 Å². The number of nitrogens with one attached hydrogen (secondary N) is 2. The van der Waals surface area contributed by atoms with Crippen LogP contribution in [-0.2, 0) is 19.1 Å². The van der Waals surface area contributed by atoms with Gasteiger partial charge in [-0.15, -0.1) is 0 Å². The summed E-state index contributed by atoms with van der Waals surface area (Å²) in [4.78, 5) is 11.6. The lowest BCUT2D eigenvalue weighted by Gasteiger charge is -2.08. The molecule has 2 N–H and O–H groups in total. The van der Waals surface area contributed by atoms with E-state index in [2.05, 4.69) is 15.7 Å². The van der Waals surface area contributed by atoms with Crippen LogP contribution >= 0.6 is 0 Å². The number of carbonyl (C=O) groups excluding carboxylic acids is 1. The van der Waals surface area contributed by atoms with E-state index in [1.165, 1.54) is 11.8 Å². The Labute approximate surface area is 137 Å². The molecule has 2 rings (SSSR count). The molecule has 2 aromatic rings. The average molecular weight is 340 g/mol. The number of urea groups is 1. The molecule has 0 aliphatic rings. The zero-order chi connectivity index (χ0) is 17.4. The minimum absolute atomic E-state index is 0.174. The number of halogens is 3. The molecule has 0 aliphatic heterocycles. The van der Waals surface area contributed by atoms with Crippen LogP contribution in [0, 0.1) is 0 Å². The summed E-state index contributed by atoms with van der Waals surface area (Å²) >= 11 is 0. The first-order valence-corrected chi connectivity index (χ1v) is 7.61. The molecule has 0 atom stereocenters. The molecule has 2 amide bonds. The summed E-state index contributed by atoms with van der Waals surface area (Å²) in [6.07, 6.45) is -1.53. The second-order valence-corrected chi connectivity index (χ2v) is 5.23. The topological polar surface area (TPSA) is 59.0 Å². The SMILES string of the molecule is O=C(NCCCc1ccccc1)NCCn1ccc(C(F)(F)F)n1. The molecule has 1 aromatic carbocycles. The smallest absolute Gasteiger partial charge is 0.338 e. The van der Waals surface area contributed by atoms with Crippen LogP contribution in [-0.4, -0.2) is 28.9 Å². The third kappa shape index (κ3) is 5.94. The summed E-state index contributed by atoms with van der Waals surface area (Å²) in [6.45, 7) is 0.901. The van der Waals surface area contributed by atoms with Gasteiger partial charge in [0.25, 0.3) is 0 Å². The molecular weight excluding hydrogens is 321 g/mol. The fourth-order valence-electron chi connectivity index (χ4n) is 2.12. The molecule has 0 bridgehead atoms. The number of rotatable bonds is 7. The lowest BCUT2D eigenvalue weighted by atomic mass is 10.1. The van der Waals surface area contributed by atoms with Crippen molar-refractivity contribution in [1.29, 1.82) is 0 Å². The Morgan fingerprint density at radius 2 is 1.79 bits per heavy atom. The maximum absolute atomic E-state index is 12.4. The fourth-order valence-corrected chi connectivity index (χ4v) is 2.12. The van der Waals surface area contributed by atoms with Crippen LogP contribution in [0.15, 0.2) is 42.6 Å². The van der Waals surface area contributed by atoms with Crippen LogP contribution in [0.4, 0.5) is 18.0 Å². The number of aryl methyl sites for hydroxylation is 1. The van der Waals surface area contributed by atoms with E-state index in [1.807, 2.05) is 30.3 Å². The van der Waals surface area contributed by atoms with Crippen LogP contribution in [0.3, 0.4) is 0 Å². The minimum Gasteiger partial charge on any atom is -0.338 e. The number of hydrogen-bond acceptors (Lipinski definition) is 2. The number of nitrogens with zero attached hydrogens (tertiary/aromatic N) is 2. The molecular formula is C16H19F3N4O. The van der Waals surface area contributed by atoms with Crippen molar-refractivity contribution in [2.45, 2.75) is 25.6 Å². The van der Waals surface area contributed by atoms with Gasteiger partial charge in [0.1, 0.15) is 0 Å². The van der Waals surface area contributed by atoms with Crippen molar-refractivity contribution in [3.05, 3.63) is 53.9 Å². The maximum Gasteiger partial charge on any atom is 0.435 e. The first-order chi connectivity index (χ1) is 11.4. The Kier molecular flexibility index (Phi) is 6.22. The molecule has 24 heavy (non-hydrogen) atoms. The van der Waals surface area contributed by atoms with Crippen LogP contribution < -0.4 is 10.6 Å². The van der Waals surface area contributed by atoms with Crippen LogP contribution in [0.25, 0.3) is 0 Å². The predicted octanol–water partition coefficient (Wildman–Crippen LogP) is 2.83. The molecule has 0 saturated carbocycles. The lowest BCUT2D eigenvalue weighted by molar-refractivity contribution is -0.141. The molecule has 0 unspecified atom stereocenters. The quantitative estimate of drug-likeness (QED) is 0.762. The van der Waals surface area contributed by atoms with Crippen LogP contribution in [0.1, 0.15) is 17.7 Å². The van der Waals surface area contributed by atoms with Crippen LogP contribution in [0.5, 0.6) is 0 Å². The summed E-state index contributed by atoms with van der Waals surface area (Å²) in [7, 11) is 0. The largest absolute Gasteiger partial charge is 0.435 e. The normalized spacial score (nSPS) is 11.3. The Hall–Kier alpha value is -2.51. The van der Waals surface area contributed by atoms with Gasteiger partial charge < -0.3 is 10.6 Å². The predicted molar refractivity (Wildman–Crippen MR) is 83.4 cm³/mol. The number of alkyl halides is 3. The van der Waals surface area contributed by atoms with Crippen molar-refractivity contribution in [3.63, 3.8) is 0 Å². The summed E-state index contributed by atoms with van der Waals surface area (Å²) in [5.74, 6) is 0. The molecule has 1 heterocycles. The summed E-state index contributed by atoms with van der Waals surface area (Å²) in [6, 6.07) is 10.5. The van der Waals surface area contributed by atoms with Gasteiger partial charge in [0.15, 0.2) is 5.69 Å². The van der Waals surface area contributed by atoms with Gasteiger partial charge in [-0.3, -0.25) is 4.68 Å². The van der Waals surface area contributed by atoms with E-state index in [0.29, 0.717) is 6.54 Å². The Balaban J connectivity index is 1.59. The van der Waals surface area contributed by atoms with Gasteiger partial charge in [0.05, 0.1) is 6.54 Å². The minimum atomic E-state index is -4.45. The lowest BCUT2D eigenvalue weighted by Crippen LogP contribution is -2.37. The van der Waals surface area contributed by atoms with Crippen molar-refractivity contribution >= 4 is 6.03 Å². The van der Waals surface area contributed by atoms with Crippen molar-refractivity contribution in [3.8, 4) is 0 Å². The molecule has 130 valence electrons. The van der Waals surface area contributed by atoms with Gasteiger partial charge in [-0.2, -0.15) is 18.3 Å². The number of aromatic nitrogens is 2. The second-order valence-electron chi connectivity index (χ2n) is 5.23. The van der Waals surface area contributed by atoms with Crippen molar-refractivity contribution in [2.75, 3.05) is 13.1 Å². The zero-order valence-corrected chi connectivity index (χ0v) is 13.0. The van der Waals surface area contributed by atoms with Crippen molar-refractivity contribution in [2.24, 2.45) is 0 Å². The van der Waals surface area contributed by atoms with E-state index in [9.17, 15) is 18.0 Å². The molecule has 1 aromatic heterocycles. The molecule has 0 fully saturated rings. The summed E-state index contributed by atoms with van der Waals surface area (Å²) < 4.78 is 38.3. The fraction of sp³-hybridized carbons (Fsp3) is 0.375. The van der Waals surface area contributed by atoms with Gasteiger partial charge in [-0.1, -0.05) is 30.3 Å². The van der Waals surface area contributed by atoms with Gasteiger partial charge in [-0.05, 0) is 24.5 Å². The van der Waals surface area contributed by atoms with E-state index in [1.54, 1.807) is 0 Å². The number of amides is 2. The molecule has 0 spiro atoms. The Morgan fingerprint density at radius 1 is 1.08 bits per heavy atom. The Morgan fingerprint density at radius 3 is 2.46 bits per heavy atom. The first kappa shape index (κ1) is 17.8. The highest BCUT2D eigenvalue weighted by Gasteiger charge is 2.33. The number of hydrogen-bond donors (Lipinski definition) is 2. The Bertz CT molecular complexity index is 640. The van der Waals surface area contributed by atoms with E-state index < -0.39 is 11.9 Å². The summed E-state index contributed by atoms with van der Waals surface area (Å²) in [5.41, 5.74) is 0.270. The molecule has 5 nitrogen and oxygen atoms in total. The molecule has 0 aliphatic carbocycles. The molecule has 8 heteroatoms. The highest BCUT2D eigenvalue weighted by molar-refractivity contribution is 5.73. The van der Waals surface area contributed by atoms with Crippen LogP contribution in [0.2, 0.25) is 0 Å². The van der Waals surface area contributed by atoms with Gasteiger partial charge in [0, 0.05) is 19.3 Å². The first-order valence-electron chi connectivity index (χ1n) is 7.61. The number of benzene rings is 1. The number of carbonyl (C=O) groups is 1. The zero-order valence-electron chi connectivity index (χ0n) is 13.0. The monoisotopic (exact) mass is 340 g/mol. The van der Waals surface area contributed by atoms with E-state index in [-0.39, 0.29) is 19.1 Å². The molecule has 0 radical (unpaired) electrons. The van der Waals surface area contributed by atoms with E-state index in [0.717, 1.165) is 23.6 Å². The van der Waals surface area contributed by atoms with E-state index in [4.69, 9.17) is 0 Å². The van der Waals surface area contributed by atoms with E-state index >= 15 is 0 Å². The van der Waals surface area contributed by atoms with Gasteiger partial charge in [0.2, 0.25) is 0 Å². The summed E-state index contributed by atoms with van der Waals surface area (Å²) in [5, 5.41) is 8.70. The second kappa shape index (κ2) is 8.37. The maximum atomic E-state index is 12.4. The molecule has 0 saturated heterocycles.